The summed E-state index contributed by atoms with van der Waals surface area (Å²) >= 11 is 0. The van der Waals surface area contributed by atoms with Crippen molar-refractivity contribution in [2.75, 3.05) is 150 Å². The van der Waals surface area contributed by atoms with Gasteiger partial charge in [0.25, 0.3) is 23.6 Å². The lowest BCUT2D eigenvalue weighted by Gasteiger charge is -2.17. The molecule has 0 aliphatic carbocycles. The van der Waals surface area contributed by atoms with Crippen molar-refractivity contribution >= 4 is 47.4 Å². The molecule has 0 saturated heterocycles. The summed E-state index contributed by atoms with van der Waals surface area (Å²) in [6, 6.07) is 9.33. The highest BCUT2D eigenvalue weighted by Crippen LogP contribution is 2.22. The van der Waals surface area contributed by atoms with Crippen LogP contribution in [0.15, 0.2) is 54.6 Å². The molecule has 0 fully saturated rings. The van der Waals surface area contributed by atoms with Gasteiger partial charge in [0.2, 0.25) is 17.8 Å². The monoisotopic (exact) mass is 1150 g/mol. The molecule has 27 heteroatoms. The fourth-order valence-electron chi connectivity index (χ4n) is 7.45. The Hall–Kier alpha value is -7.37. The van der Waals surface area contributed by atoms with Crippen LogP contribution in [0.3, 0.4) is 0 Å². The third kappa shape index (κ3) is 28.4. The molecular weight excluding hydrogens is 1080 g/mol. The van der Waals surface area contributed by atoms with Gasteiger partial charge in [-0.15, -0.1) is 0 Å². The highest BCUT2D eigenvalue weighted by atomic mass is 16.6. The summed E-state index contributed by atoms with van der Waals surface area (Å²) in [5.74, 6) is -3.79. The minimum absolute atomic E-state index is 0.0176. The number of rotatable bonds is 46. The number of hydrogen-bond acceptors (Lipinski definition) is 21. The van der Waals surface area contributed by atoms with E-state index in [1.807, 2.05) is 6.07 Å². The lowest BCUT2D eigenvalue weighted by atomic mass is 10.1. The van der Waals surface area contributed by atoms with Gasteiger partial charge in [-0.1, -0.05) is 12.1 Å². The number of carbonyl (C=O) groups is 7. The number of carboxylic acids is 1. The summed E-state index contributed by atoms with van der Waals surface area (Å²) in [7, 11) is 0. The number of aliphatic carboxylic acids is 1. The Labute approximate surface area is 476 Å². The van der Waals surface area contributed by atoms with Gasteiger partial charge in [0.1, 0.15) is 23.3 Å². The second-order valence-electron chi connectivity index (χ2n) is 18.0. The molecule has 4 rings (SSSR count). The van der Waals surface area contributed by atoms with E-state index in [9.17, 15) is 48.9 Å². The van der Waals surface area contributed by atoms with E-state index in [4.69, 9.17) is 42.6 Å². The molecule has 0 saturated carbocycles. The number of aryl methyl sites for hydroxylation is 3. The summed E-state index contributed by atoms with van der Waals surface area (Å²) in [5.41, 5.74) is 1.70. The van der Waals surface area contributed by atoms with Gasteiger partial charge < -0.3 is 84.5 Å². The summed E-state index contributed by atoms with van der Waals surface area (Å²) in [4.78, 5) is 95.3. The molecule has 3 aromatic rings. The molecular formula is C55H78N8O19. The predicted octanol–water partition coefficient (Wildman–Crippen LogP) is 1.00. The van der Waals surface area contributed by atoms with Gasteiger partial charge in [-0.05, 0) is 62.9 Å². The van der Waals surface area contributed by atoms with Gasteiger partial charge in [0.05, 0.1) is 129 Å². The van der Waals surface area contributed by atoms with E-state index in [1.54, 1.807) is 32.0 Å². The van der Waals surface area contributed by atoms with Gasteiger partial charge >= 0.3 is 5.97 Å². The van der Waals surface area contributed by atoms with E-state index < -0.39 is 42.2 Å². The maximum atomic E-state index is 13.3. The van der Waals surface area contributed by atoms with Crippen LogP contribution < -0.4 is 31.3 Å². The average Bonchev–Trinajstić information content (AvgIpc) is 3.78. The number of nitrogens with one attached hydrogen (secondary N) is 5. The molecule has 8 N–H and O–H groups in total. The van der Waals surface area contributed by atoms with Crippen LogP contribution in [0.2, 0.25) is 0 Å². The van der Waals surface area contributed by atoms with Crippen LogP contribution in [-0.2, 0) is 68.3 Å². The van der Waals surface area contributed by atoms with Crippen molar-refractivity contribution in [2.24, 2.45) is 0 Å². The van der Waals surface area contributed by atoms with Crippen LogP contribution in [0.4, 0.5) is 5.95 Å². The second-order valence-corrected chi connectivity index (χ2v) is 18.0. The summed E-state index contributed by atoms with van der Waals surface area (Å²) in [6.07, 6.45) is 4.38. The summed E-state index contributed by atoms with van der Waals surface area (Å²) in [6.45, 7) is 9.91. The number of aromatic hydroxyl groups is 2. The molecule has 2 aromatic carbocycles. The molecule has 0 spiro atoms. The number of amides is 6. The molecule has 1 aromatic heterocycles. The average molecular weight is 1160 g/mol. The van der Waals surface area contributed by atoms with Gasteiger partial charge in [-0.2, -0.15) is 0 Å². The molecule has 6 amide bonds. The van der Waals surface area contributed by atoms with Crippen LogP contribution in [0.25, 0.3) is 0 Å². The Balaban J connectivity index is 0.901. The number of aromatic nitrogens is 2. The molecule has 1 aliphatic rings. The Morgan fingerprint density at radius 2 is 1.11 bits per heavy atom. The van der Waals surface area contributed by atoms with Crippen LogP contribution >= 0.6 is 0 Å². The normalized spacial score (nSPS) is 12.3. The number of carbonyl (C=O) groups excluding carboxylic acids is 6. The Morgan fingerprint density at radius 1 is 0.573 bits per heavy atom. The topological polar surface area (TPSA) is 352 Å². The van der Waals surface area contributed by atoms with Crippen molar-refractivity contribution < 1.29 is 91.5 Å². The van der Waals surface area contributed by atoms with Gasteiger partial charge in [0, 0.05) is 69.3 Å². The molecule has 27 nitrogen and oxygen atoms in total. The minimum atomic E-state index is -1.52. The number of ether oxygens (including phenoxy) is 9. The molecule has 0 bridgehead atoms. The number of anilines is 1. The lowest BCUT2D eigenvalue weighted by molar-refractivity contribution is -0.139. The zero-order chi connectivity index (χ0) is 59.2. The molecule has 82 heavy (non-hydrogen) atoms. The number of hydrogen-bond donors (Lipinski definition) is 8. The SMILES string of the molecule is Cc1nc(NCCCc2cccc(O)c2)nc(C)c1C(=O)NC(CNC(=O)c1cc(O)cc(OCCCNC(=O)CCOCCOCCOCCOCCOCCOCCOCCOCCNC(=O)CCN2C(=O)C=CC2=O)c1)C(=O)O. The van der Waals surface area contributed by atoms with E-state index in [-0.39, 0.29) is 72.8 Å². The maximum absolute atomic E-state index is 13.3. The maximum Gasteiger partial charge on any atom is 0.328 e. The molecule has 1 atom stereocenters. The summed E-state index contributed by atoms with van der Waals surface area (Å²) < 4.78 is 49.4. The third-order valence-corrected chi connectivity index (χ3v) is 11.6. The van der Waals surface area contributed by atoms with Crippen LogP contribution in [0.1, 0.15) is 63.4 Å². The van der Waals surface area contributed by atoms with Crippen molar-refractivity contribution in [3.8, 4) is 17.2 Å². The Bertz CT molecular complexity index is 2460. The first-order chi connectivity index (χ1) is 39.7. The number of phenolic OH excluding ortho intramolecular Hbond substituents is 2. The van der Waals surface area contributed by atoms with E-state index in [0.717, 1.165) is 16.9 Å². The Morgan fingerprint density at radius 3 is 1.67 bits per heavy atom. The highest BCUT2D eigenvalue weighted by Gasteiger charge is 2.26. The van der Waals surface area contributed by atoms with E-state index in [0.29, 0.717) is 149 Å². The molecule has 2 heterocycles. The fraction of sp³-hybridized carbons (Fsp3) is 0.545. The molecule has 452 valence electrons. The quantitative estimate of drug-likeness (QED) is 0.0289. The number of imide groups is 1. The highest BCUT2D eigenvalue weighted by molar-refractivity contribution is 6.13. The zero-order valence-corrected chi connectivity index (χ0v) is 46.6. The molecule has 0 radical (unpaired) electrons. The lowest BCUT2D eigenvalue weighted by Crippen LogP contribution is -2.48. The van der Waals surface area contributed by atoms with Crippen molar-refractivity contribution in [1.82, 2.24) is 36.1 Å². The first-order valence-electron chi connectivity index (χ1n) is 27.0. The number of carboxylic acid groups (broad SMARTS) is 1. The second kappa shape index (κ2) is 39.9. The number of benzene rings is 2. The minimum Gasteiger partial charge on any atom is -0.508 e. The molecule has 1 unspecified atom stereocenters. The van der Waals surface area contributed by atoms with Crippen LogP contribution in [0.5, 0.6) is 17.2 Å². The molecule has 1 aliphatic heterocycles. The third-order valence-electron chi connectivity index (χ3n) is 11.6. The fourth-order valence-corrected chi connectivity index (χ4v) is 7.45. The van der Waals surface area contributed by atoms with E-state index in [1.165, 1.54) is 30.4 Å². The van der Waals surface area contributed by atoms with Gasteiger partial charge in [0.15, 0.2) is 0 Å². The van der Waals surface area contributed by atoms with Crippen LogP contribution in [-0.4, -0.2) is 223 Å². The van der Waals surface area contributed by atoms with Crippen molar-refractivity contribution in [2.45, 2.75) is 52.0 Å². The standard InChI is InChI=1S/C55H78N8O19/c1-39-51(40(2)61-55(60-39)58-13-4-7-41-6-3-8-43(64)34-41)53(71)62-46(54(72)73)38-59-52(70)42-35-44(65)37-45(36-42)82-17-5-14-56-48(67)12-18-74-20-22-76-24-26-78-28-30-80-32-33-81-31-29-79-27-25-77-23-21-75-19-15-57-47(66)11-16-63-49(68)9-10-50(63)69/h3,6,8-10,34-37,46,64-65H,4-5,7,11-33,38H2,1-2H3,(H,56,67)(H,57,66)(H,59,70)(H,62,71)(H,72,73)(H,58,60,61). The smallest absolute Gasteiger partial charge is 0.328 e. The van der Waals surface area contributed by atoms with Gasteiger partial charge in [-0.25, -0.2) is 14.8 Å². The Kier molecular flexibility index (Phi) is 32.7. The first-order valence-corrected chi connectivity index (χ1v) is 27.0. The van der Waals surface area contributed by atoms with E-state index in [2.05, 4.69) is 36.6 Å². The van der Waals surface area contributed by atoms with Crippen LogP contribution in [0, 0.1) is 13.8 Å². The van der Waals surface area contributed by atoms with E-state index >= 15 is 0 Å². The number of phenols is 2. The van der Waals surface area contributed by atoms with Crippen molar-refractivity contribution in [1.29, 1.82) is 0 Å². The summed E-state index contributed by atoms with van der Waals surface area (Å²) in [5, 5.41) is 43.3. The number of nitrogens with zero attached hydrogens (tertiary/aromatic N) is 3. The first kappa shape index (κ1) is 67.1. The largest absolute Gasteiger partial charge is 0.508 e. The van der Waals surface area contributed by atoms with Gasteiger partial charge in [-0.3, -0.25) is 33.7 Å². The van der Waals surface area contributed by atoms with Crippen molar-refractivity contribution in [3.63, 3.8) is 0 Å². The zero-order valence-electron chi connectivity index (χ0n) is 46.6. The predicted molar refractivity (Wildman–Crippen MR) is 294 cm³/mol. The van der Waals surface area contributed by atoms with Crippen molar-refractivity contribution in [3.05, 3.63) is 82.7 Å².